The van der Waals surface area contributed by atoms with Gasteiger partial charge in [0.2, 0.25) is 0 Å². The largest absolute Gasteiger partial charge is 0.486 e. The van der Waals surface area contributed by atoms with Gasteiger partial charge in [0.25, 0.3) is 11.5 Å². The first kappa shape index (κ1) is 17.1. The third-order valence-electron chi connectivity index (χ3n) is 4.12. The molecule has 1 aromatic carbocycles. The minimum atomic E-state index is -0.554. The molecule has 0 spiro atoms. The van der Waals surface area contributed by atoms with Crippen LogP contribution < -0.4 is 10.3 Å². The van der Waals surface area contributed by atoms with E-state index in [9.17, 15) is 19.1 Å². The molecule has 25 heavy (non-hydrogen) atoms. The van der Waals surface area contributed by atoms with Crippen LogP contribution in [0.5, 0.6) is 5.75 Å². The molecule has 2 N–H and O–H groups in total. The Morgan fingerprint density at radius 3 is 2.84 bits per heavy atom. The van der Waals surface area contributed by atoms with Crippen molar-refractivity contribution in [1.29, 1.82) is 0 Å². The quantitative estimate of drug-likeness (QED) is 0.844. The van der Waals surface area contributed by atoms with E-state index in [1.54, 1.807) is 0 Å². The lowest BCUT2D eigenvalue weighted by Gasteiger charge is -2.22. The Balaban J connectivity index is 1.69. The third-order valence-corrected chi connectivity index (χ3v) is 4.12. The summed E-state index contributed by atoms with van der Waals surface area (Å²) in [6.45, 7) is 0.373. The Morgan fingerprint density at radius 2 is 2.16 bits per heavy atom. The van der Waals surface area contributed by atoms with E-state index in [4.69, 9.17) is 4.74 Å². The molecule has 0 aliphatic carbocycles. The van der Waals surface area contributed by atoms with E-state index < -0.39 is 11.5 Å². The maximum atomic E-state index is 12.8. The standard InChI is InChI=1S/C17H18FN3O4/c18-11-3-5-13(6-4-11)25-10-15-19-8-14(16(23)20-15)17(24)21-7-1-2-12(21)9-22/h3-6,8,12,22H,1-2,7,9-10H2,(H,19,20,23)/t12-/m1/s1. The number of nitrogens with one attached hydrogen (secondary N) is 1. The number of hydrogen-bond acceptors (Lipinski definition) is 5. The van der Waals surface area contributed by atoms with Crippen LogP contribution in [0.3, 0.4) is 0 Å². The van der Waals surface area contributed by atoms with Gasteiger partial charge in [-0.25, -0.2) is 9.37 Å². The number of hydrogen-bond donors (Lipinski definition) is 2. The van der Waals surface area contributed by atoms with Crippen LogP contribution >= 0.6 is 0 Å². The fourth-order valence-electron chi connectivity index (χ4n) is 2.79. The van der Waals surface area contributed by atoms with Gasteiger partial charge in [0.1, 0.15) is 29.6 Å². The molecule has 1 aliphatic heterocycles. The second-order valence-electron chi connectivity index (χ2n) is 5.79. The third kappa shape index (κ3) is 3.85. The summed E-state index contributed by atoms with van der Waals surface area (Å²) in [4.78, 5) is 32.7. The lowest BCUT2D eigenvalue weighted by molar-refractivity contribution is 0.0675. The number of aromatic nitrogens is 2. The molecular weight excluding hydrogens is 329 g/mol. The van der Waals surface area contributed by atoms with Crippen molar-refractivity contribution in [2.45, 2.75) is 25.5 Å². The first-order valence-electron chi connectivity index (χ1n) is 7.97. The number of aromatic amines is 1. The van der Waals surface area contributed by atoms with Crippen molar-refractivity contribution >= 4 is 5.91 Å². The van der Waals surface area contributed by atoms with E-state index in [-0.39, 0.29) is 36.5 Å². The summed E-state index contributed by atoms with van der Waals surface area (Å²) in [7, 11) is 0. The normalized spacial score (nSPS) is 16.9. The molecule has 7 nitrogen and oxygen atoms in total. The molecule has 1 amide bonds. The highest BCUT2D eigenvalue weighted by Gasteiger charge is 2.30. The molecular formula is C17H18FN3O4. The summed E-state index contributed by atoms with van der Waals surface area (Å²) >= 11 is 0. The Morgan fingerprint density at radius 1 is 1.40 bits per heavy atom. The van der Waals surface area contributed by atoms with Crippen LogP contribution in [-0.4, -0.2) is 45.1 Å². The number of carbonyl (C=O) groups excluding carboxylic acids is 1. The Bertz CT molecular complexity index is 806. The molecule has 2 heterocycles. The van der Waals surface area contributed by atoms with Crippen LogP contribution in [0, 0.1) is 5.82 Å². The number of amides is 1. The minimum absolute atomic E-state index is 0.0156. The molecule has 132 valence electrons. The Kier molecular flexibility index (Phi) is 5.08. The average Bonchev–Trinajstić information content (AvgIpc) is 3.09. The summed E-state index contributed by atoms with van der Waals surface area (Å²) in [6.07, 6.45) is 2.74. The van der Waals surface area contributed by atoms with Gasteiger partial charge >= 0.3 is 0 Å². The van der Waals surface area contributed by atoms with Gasteiger partial charge in [-0.1, -0.05) is 0 Å². The second kappa shape index (κ2) is 7.43. The lowest BCUT2D eigenvalue weighted by atomic mass is 10.2. The van der Waals surface area contributed by atoms with Crippen LogP contribution in [0.1, 0.15) is 29.0 Å². The molecule has 2 aromatic rings. The van der Waals surface area contributed by atoms with E-state index in [0.717, 1.165) is 12.8 Å². The van der Waals surface area contributed by atoms with Crippen molar-refractivity contribution in [3.8, 4) is 5.75 Å². The molecule has 1 saturated heterocycles. The van der Waals surface area contributed by atoms with Gasteiger partial charge in [-0.3, -0.25) is 9.59 Å². The lowest BCUT2D eigenvalue weighted by Crippen LogP contribution is -2.40. The van der Waals surface area contributed by atoms with Crippen molar-refractivity contribution < 1.29 is 19.0 Å². The van der Waals surface area contributed by atoms with Crippen LogP contribution in [-0.2, 0) is 6.61 Å². The number of rotatable bonds is 5. The van der Waals surface area contributed by atoms with Crippen molar-refractivity contribution in [3.63, 3.8) is 0 Å². The smallest absolute Gasteiger partial charge is 0.263 e. The molecule has 3 rings (SSSR count). The molecule has 0 radical (unpaired) electrons. The van der Waals surface area contributed by atoms with Gasteiger partial charge in [0.05, 0.1) is 12.6 Å². The fourth-order valence-corrected chi connectivity index (χ4v) is 2.79. The number of carbonyl (C=O) groups is 1. The molecule has 0 unspecified atom stereocenters. The van der Waals surface area contributed by atoms with Crippen LogP contribution in [0.15, 0.2) is 35.3 Å². The number of ether oxygens (including phenoxy) is 1. The SMILES string of the molecule is O=C(c1cnc(COc2ccc(F)cc2)[nH]c1=O)N1CCC[C@@H]1CO. The predicted octanol–water partition coefficient (Wildman–Crippen LogP) is 1.08. The highest BCUT2D eigenvalue weighted by molar-refractivity contribution is 5.93. The van der Waals surface area contributed by atoms with E-state index in [2.05, 4.69) is 9.97 Å². The Hall–Kier alpha value is -2.74. The summed E-state index contributed by atoms with van der Waals surface area (Å²) in [5.41, 5.74) is -0.618. The van der Waals surface area contributed by atoms with Crippen molar-refractivity contribution in [2.24, 2.45) is 0 Å². The fraction of sp³-hybridized carbons (Fsp3) is 0.353. The first-order chi connectivity index (χ1) is 12.1. The van der Waals surface area contributed by atoms with Crippen LogP contribution in [0.25, 0.3) is 0 Å². The highest BCUT2D eigenvalue weighted by atomic mass is 19.1. The number of aliphatic hydroxyl groups excluding tert-OH is 1. The molecule has 0 saturated carbocycles. The molecule has 1 aliphatic rings. The summed E-state index contributed by atoms with van der Waals surface area (Å²) < 4.78 is 18.2. The maximum absolute atomic E-state index is 12.8. The predicted molar refractivity (Wildman–Crippen MR) is 86.7 cm³/mol. The molecule has 1 aromatic heterocycles. The van der Waals surface area contributed by atoms with Crippen LogP contribution in [0.4, 0.5) is 4.39 Å². The zero-order valence-corrected chi connectivity index (χ0v) is 13.4. The molecule has 1 atom stereocenters. The monoisotopic (exact) mass is 347 g/mol. The molecule has 8 heteroatoms. The second-order valence-corrected chi connectivity index (χ2v) is 5.79. The van der Waals surface area contributed by atoms with Crippen molar-refractivity contribution in [3.05, 3.63) is 58.0 Å². The average molecular weight is 347 g/mol. The zero-order valence-electron chi connectivity index (χ0n) is 13.4. The van der Waals surface area contributed by atoms with E-state index >= 15 is 0 Å². The van der Waals surface area contributed by atoms with Crippen molar-refractivity contribution in [1.82, 2.24) is 14.9 Å². The van der Waals surface area contributed by atoms with Gasteiger partial charge in [0, 0.05) is 12.7 Å². The van der Waals surface area contributed by atoms with Gasteiger partial charge in [0.15, 0.2) is 0 Å². The molecule has 1 fully saturated rings. The number of benzene rings is 1. The first-order valence-corrected chi connectivity index (χ1v) is 7.97. The maximum Gasteiger partial charge on any atom is 0.263 e. The van der Waals surface area contributed by atoms with E-state index in [1.807, 2.05) is 0 Å². The van der Waals surface area contributed by atoms with Crippen molar-refractivity contribution in [2.75, 3.05) is 13.2 Å². The van der Waals surface area contributed by atoms with E-state index in [1.165, 1.54) is 35.4 Å². The number of aliphatic hydroxyl groups is 1. The van der Waals surface area contributed by atoms with Gasteiger partial charge in [-0.15, -0.1) is 0 Å². The summed E-state index contributed by atoms with van der Waals surface area (Å²) in [5, 5.41) is 9.31. The number of nitrogens with zero attached hydrogens (tertiary/aromatic N) is 2. The van der Waals surface area contributed by atoms with Gasteiger partial charge < -0.3 is 19.7 Å². The topological polar surface area (TPSA) is 95.5 Å². The van der Waals surface area contributed by atoms with Gasteiger partial charge in [-0.05, 0) is 37.1 Å². The van der Waals surface area contributed by atoms with Gasteiger partial charge in [-0.2, -0.15) is 0 Å². The molecule has 0 bridgehead atoms. The summed E-state index contributed by atoms with van der Waals surface area (Å²) in [5.74, 6) is -0.112. The highest BCUT2D eigenvalue weighted by Crippen LogP contribution is 2.18. The number of H-pyrrole nitrogens is 1. The number of likely N-dealkylation sites (tertiary alicyclic amines) is 1. The Labute approximate surface area is 143 Å². The van der Waals surface area contributed by atoms with Crippen LogP contribution in [0.2, 0.25) is 0 Å². The number of halogens is 1. The van der Waals surface area contributed by atoms with E-state index in [0.29, 0.717) is 12.3 Å². The zero-order chi connectivity index (χ0) is 17.8. The summed E-state index contributed by atoms with van der Waals surface area (Å²) in [6, 6.07) is 5.21. The minimum Gasteiger partial charge on any atom is -0.486 e.